The summed E-state index contributed by atoms with van der Waals surface area (Å²) in [6, 6.07) is 20.1. The summed E-state index contributed by atoms with van der Waals surface area (Å²) in [5.74, 6) is 0.607. The molecule has 6 aromatic heterocycles. The monoisotopic (exact) mass is 1100 g/mol. The molecule has 3 unspecified atom stereocenters. The summed E-state index contributed by atoms with van der Waals surface area (Å²) in [6.45, 7) is 12.0. The van der Waals surface area contributed by atoms with Crippen LogP contribution in [0.25, 0.3) is 65.8 Å². The molecule has 81 heavy (non-hydrogen) atoms. The van der Waals surface area contributed by atoms with Crippen molar-refractivity contribution in [3.8, 4) is 17.2 Å². The highest BCUT2D eigenvalue weighted by atomic mass is 16.6. The van der Waals surface area contributed by atoms with Crippen LogP contribution in [0.3, 0.4) is 0 Å². The molecule has 12 rings (SSSR count). The normalized spacial score (nSPS) is 17.4. The fraction of sp³-hybridized carbons (Fsp3) is 0.238. The summed E-state index contributed by atoms with van der Waals surface area (Å²) in [5, 5.41) is 4.77. The van der Waals surface area contributed by atoms with E-state index in [1.165, 1.54) is 18.2 Å². The van der Waals surface area contributed by atoms with Gasteiger partial charge in [-0.1, -0.05) is 16.7 Å². The van der Waals surface area contributed by atoms with Crippen LogP contribution >= 0.6 is 0 Å². The maximum absolute atomic E-state index is 11.6. The number of cyclic esters (lactones) is 3. The van der Waals surface area contributed by atoms with Crippen LogP contribution in [0, 0.1) is 0 Å². The Balaban J connectivity index is 0.000000136. The highest BCUT2D eigenvalue weighted by Crippen LogP contribution is 2.38. The average Bonchev–Trinajstić information content (AvgIpc) is 4.53. The standard InChI is InChI=1S/3C21H18O6/c1-12(9-14-10-13(2)21(23)26-14)5-7-25-20-15-3-4-19(22)27-18(15)11-17-16(20)6-8-24-17;2*1-12(9-16-10-13(2)21(23)26-16)5-7-25-20-18-15(6-8-24-18)11-14-3-4-17(22)27-19(14)20/h3-6,8,10-11,14H,7,9H2,1-2H3;2*3-6,8,10-11,16H,7,9H2,1-2H3/b2*12-5+;12-5-. The number of hydrogen-bond donors (Lipinski definition) is 0. The summed E-state index contributed by atoms with van der Waals surface area (Å²) in [5.41, 5.74) is 6.48. The predicted octanol–water partition coefficient (Wildman–Crippen LogP) is 12.4. The molecule has 0 N–H and O–H groups in total. The number of carbonyl (C=O) groups excluding carboxylic acids is 3. The Morgan fingerprint density at radius 3 is 1.23 bits per heavy atom. The van der Waals surface area contributed by atoms with E-state index in [1.54, 1.807) is 63.8 Å². The van der Waals surface area contributed by atoms with Crippen molar-refractivity contribution < 1.29 is 69.3 Å². The van der Waals surface area contributed by atoms with Gasteiger partial charge in [0.2, 0.25) is 11.5 Å². The fourth-order valence-corrected chi connectivity index (χ4v) is 9.38. The molecule has 3 aliphatic rings. The van der Waals surface area contributed by atoms with Gasteiger partial charge in [0.25, 0.3) is 0 Å². The Kier molecular flexibility index (Phi) is 15.9. The molecule has 3 aromatic carbocycles. The largest absolute Gasteiger partial charge is 0.488 e. The van der Waals surface area contributed by atoms with Gasteiger partial charge in [0.1, 0.15) is 55.0 Å². The van der Waals surface area contributed by atoms with E-state index in [1.807, 2.05) is 87.6 Å². The zero-order valence-corrected chi connectivity index (χ0v) is 44.9. The van der Waals surface area contributed by atoms with Gasteiger partial charge in [-0.3, -0.25) is 0 Å². The van der Waals surface area contributed by atoms with Crippen LogP contribution in [-0.4, -0.2) is 56.0 Å². The third kappa shape index (κ3) is 12.5. The fourth-order valence-electron chi connectivity index (χ4n) is 9.38. The first-order chi connectivity index (χ1) is 39.0. The Hall–Kier alpha value is -9.84. The highest BCUT2D eigenvalue weighted by Gasteiger charge is 2.25. The van der Waals surface area contributed by atoms with Crippen molar-refractivity contribution in [2.24, 2.45) is 0 Å². The van der Waals surface area contributed by atoms with E-state index in [9.17, 15) is 28.8 Å². The Morgan fingerprint density at radius 1 is 0.420 bits per heavy atom. The van der Waals surface area contributed by atoms with Crippen molar-refractivity contribution >= 4 is 83.7 Å². The van der Waals surface area contributed by atoms with Gasteiger partial charge in [0, 0.05) is 81.8 Å². The molecule has 0 amide bonds. The molecular formula is C63H54O18. The van der Waals surface area contributed by atoms with Crippen molar-refractivity contribution in [3.63, 3.8) is 0 Å². The summed E-state index contributed by atoms with van der Waals surface area (Å²) >= 11 is 0. The number of ether oxygens (including phenoxy) is 6. The van der Waals surface area contributed by atoms with Gasteiger partial charge in [0.05, 0.1) is 29.6 Å². The molecule has 0 fully saturated rings. The third-order valence-electron chi connectivity index (χ3n) is 13.5. The Bertz CT molecular complexity index is 4120. The first-order valence-electron chi connectivity index (χ1n) is 25.9. The van der Waals surface area contributed by atoms with Crippen LogP contribution in [0.2, 0.25) is 0 Å². The molecule has 9 heterocycles. The maximum atomic E-state index is 11.6. The lowest BCUT2D eigenvalue weighted by Gasteiger charge is -2.10. The van der Waals surface area contributed by atoms with Crippen LogP contribution in [0.1, 0.15) is 60.8 Å². The smallest absolute Gasteiger partial charge is 0.336 e. The lowest BCUT2D eigenvalue weighted by atomic mass is 10.1. The Labute approximate surface area is 460 Å². The topological polar surface area (TPSA) is 237 Å². The van der Waals surface area contributed by atoms with Gasteiger partial charge in [-0.25, -0.2) is 28.8 Å². The van der Waals surface area contributed by atoms with Crippen molar-refractivity contribution in [2.45, 2.75) is 79.1 Å². The first kappa shape index (κ1) is 54.5. The molecule has 9 aromatic rings. The van der Waals surface area contributed by atoms with Crippen molar-refractivity contribution in [2.75, 3.05) is 19.8 Å². The first-order valence-corrected chi connectivity index (χ1v) is 25.9. The lowest BCUT2D eigenvalue weighted by molar-refractivity contribution is -0.140. The molecule has 0 bridgehead atoms. The maximum Gasteiger partial charge on any atom is 0.336 e. The second-order valence-electron chi connectivity index (χ2n) is 19.7. The number of fused-ring (bicyclic) bond motifs is 6. The van der Waals surface area contributed by atoms with Crippen LogP contribution in [0.5, 0.6) is 17.2 Å². The zero-order chi connectivity index (χ0) is 56.9. The second-order valence-corrected chi connectivity index (χ2v) is 19.7. The molecular weight excluding hydrogens is 1040 g/mol. The molecule has 0 aliphatic carbocycles. The van der Waals surface area contributed by atoms with E-state index in [0.29, 0.717) is 98.7 Å². The van der Waals surface area contributed by atoms with Crippen LogP contribution < -0.4 is 31.1 Å². The SMILES string of the molecule is CC1=CC(C/C(C)=C/COc2c3ccoc3cc3oc(=O)ccc23)OC1=O.CC1=CC(C/C(C)=C/COc2c3occc3cc3ccc(=O)oc23)OC1=O.CC1=CC(C/C(C)=C\COc2c3occc3cc3ccc(=O)oc23)OC1=O. The summed E-state index contributed by atoms with van der Waals surface area (Å²) in [7, 11) is 0. The molecule has 18 heteroatoms. The average molecular weight is 1100 g/mol. The van der Waals surface area contributed by atoms with E-state index in [4.69, 9.17) is 54.9 Å². The Morgan fingerprint density at radius 2 is 0.802 bits per heavy atom. The summed E-state index contributed by atoms with van der Waals surface area (Å²) in [6.07, 6.45) is 17.1. The van der Waals surface area contributed by atoms with E-state index in [2.05, 4.69) is 0 Å². The lowest BCUT2D eigenvalue weighted by Crippen LogP contribution is -2.08. The van der Waals surface area contributed by atoms with Crippen LogP contribution in [0.15, 0.2) is 202 Å². The number of furan rings is 3. The minimum Gasteiger partial charge on any atom is -0.488 e. The quantitative estimate of drug-likeness (QED) is 0.0401. The molecule has 18 nitrogen and oxygen atoms in total. The minimum absolute atomic E-state index is 0.221. The van der Waals surface area contributed by atoms with Crippen LogP contribution in [-0.2, 0) is 28.6 Å². The number of rotatable bonds is 15. The number of benzene rings is 3. The number of esters is 3. The number of hydrogen-bond acceptors (Lipinski definition) is 18. The summed E-state index contributed by atoms with van der Waals surface area (Å²) in [4.78, 5) is 69.1. The van der Waals surface area contributed by atoms with Gasteiger partial charge >= 0.3 is 34.8 Å². The minimum atomic E-state index is -0.449. The second kappa shape index (κ2) is 23.6. The number of carbonyl (C=O) groups is 3. The van der Waals surface area contributed by atoms with E-state index in [0.717, 1.165) is 43.7 Å². The molecule has 0 radical (unpaired) electrons. The van der Waals surface area contributed by atoms with Crippen molar-refractivity contribution in [3.05, 3.63) is 193 Å². The molecule has 0 saturated carbocycles. The third-order valence-corrected chi connectivity index (χ3v) is 13.5. The predicted molar refractivity (Wildman–Crippen MR) is 299 cm³/mol. The van der Waals surface area contributed by atoms with Gasteiger partial charge < -0.3 is 54.9 Å². The van der Waals surface area contributed by atoms with Crippen LogP contribution in [0.4, 0.5) is 0 Å². The molecule has 3 aliphatic heterocycles. The summed E-state index contributed by atoms with van der Waals surface area (Å²) < 4.78 is 65.9. The molecule has 0 spiro atoms. The van der Waals surface area contributed by atoms with Gasteiger partial charge in [-0.05, 0) is 127 Å². The zero-order valence-electron chi connectivity index (χ0n) is 44.9. The molecule has 3 atom stereocenters. The molecule has 414 valence electrons. The van der Waals surface area contributed by atoms with Crippen molar-refractivity contribution in [1.29, 1.82) is 0 Å². The van der Waals surface area contributed by atoms with Crippen molar-refractivity contribution in [1.82, 2.24) is 0 Å². The van der Waals surface area contributed by atoms with Gasteiger partial charge in [-0.15, -0.1) is 0 Å². The van der Waals surface area contributed by atoms with E-state index in [-0.39, 0.29) is 49.4 Å². The molecule has 0 saturated heterocycles. The van der Waals surface area contributed by atoms with E-state index < -0.39 is 16.9 Å². The van der Waals surface area contributed by atoms with Gasteiger partial charge in [-0.2, -0.15) is 0 Å². The van der Waals surface area contributed by atoms with E-state index >= 15 is 0 Å². The highest BCUT2D eigenvalue weighted by molar-refractivity contribution is 6.02. The van der Waals surface area contributed by atoms with Gasteiger partial charge in [0.15, 0.2) is 22.3 Å².